The molecule has 1 aromatic heterocycles. The molecule has 0 radical (unpaired) electrons. The van der Waals surface area contributed by atoms with E-state index in [-0.39, 0.29) is 24.0 Å². The van der Waals surface area contributed by atoms with Crippen LogP contribution in [0.15, 0.2) is 12.3 Å². The van der Waals surface area contributed by atoms with Crippen molar-refractivity contribution >= 4 is 11.9 Å². The van der Waals surface area contributed by atoms with Gasteiger partial charge in [0.25, 0.3) is 5.91 Å². The van der Waals surface area contributed by atoms with E-state index in [9.17, 15) is 9.90 Å². The zero-order chi connectivity index (χ0) is 17.2. The molecule has 6 heteroatoms. The van der Waals surface area contributed by atoms with Crippen LogP contribution in [0.4, 0.5) is 5.95 Å². The molecule has 3 aliphatic rings. The van der Waals surface area contributed by atoms with E-state index in [4.69, 9.17) is 0 Å². The number of hydrogen-bond acceptors (Lipinski definition) is 5. The van der Waals surface area contributed by atoms with Crippen LogP contribution in [-0.2, 0) is 0 Å². The molecular formula is C19H28N4O2. The van der Waals surface area contributed by atoms with E-state index >= 15 is 0 Å². The van der Waals surface area contributed by atoms with Gasteiger partial charge in [-0.25, -0.2) is 9.97 Å². The monoisotopic (exact) mass is 344 g/mol. The SMILES string of the molecule is O=C(c1ccnc(N2CCCC2)n1)N1CCC[C@@H]1[C@H]1CCCC[C@@H]1O. The molecule has 0 aromatic carbocycles. The van der Waals surface area contributed by atoms with Crippen LogP contribution in [0.1, 0.15) is 61.9 Å². The van der Waals surface area contributed by atoms with Crippen molar-refractivity contribution in [2.75, 3.05) is 24.5 Å². The lowest BCUT2D eigenvalue weighted by molar-refractivity contribution is 0.0209. The summed E-state index contributed by atoms with van der Waals surface area (Å²) in [4.78, 5) is 26.1. The molecule has 4 rings (SSSR count). The molecule has 0 bridgehead atoms. The van der Waals surface area contributed by atoms with Crippen LogP contribution in [0.2, 0.25) is 0 Å². The zero-order valence-electron chi connectivity index (χ0n) is 14.8. The second-order valence-electron chi connectivity index (χ2n) is 7.66. The number of amides is 1. The maximum atomic E-state index is 13.1. The minimum absolute atomic E-state index is 0.00289. The lowest BCUT2D eigenvalue weighted by Crippen LogP contribution is -2.45. The predicted molar refractivity (Wildman–Crippen MR) is 95.5 cm³/mol. The fourth-order valence-corrected chi connectivity index (χ4v) is 4.76. The van der Waals surface area contributed by atoms with Crippen molar-refractivity contribution in [1.82, 2.24) is 14.9 Å². The number of anilines is 1. The van der Waals surface area contributed by atoms with Gasteiger partial charge in [0.1, 0.15) is 5.69 Å². The quantitative estimate of drug-likeness (QED) is 0.911. The molecule has 3 heterocycles. The van der Waals surface area contributed by atoms with Crippen molar-refractivity contribution in [2.45, 2.75) is 63.5 Å². The van der Waals surface area contributed by atoms with Gasteiger partial charge in [0.15, 0.2) is 0 Å². The van der Waals surface area contributed by atoms with E-state index in [1.54, 1.807) is 12.3 Å². The highest BCUT2D eigenvalue weighted by Gasteiger charge is 2.39. The van der Waals surface area contributed by atoms with Crippen LogP contribution in [0.25, 0.3) is 0 Å². The Labute approximate surface area is 149 Å². The van der Waals surface area contributed by atoms with Crippen molar-refractivity contribution in [2.24, 2.45) is 5.92 Å². The maximum absolute atomic E-state index is 13.1. The summed E-state index contributed by atoms with van der Waals surface area (Å²) in [6.07, 6.45) is 9.93. The Kier molecular flexibility index (Phi) is 4.88. The highest BCUT2D eigenvalue weighted by molar-refractivity contribution is 5.93. The first-order valence-corrected chi connectivity index (χ1v) is 9.81. The van der Waals surface area contributed by atoms with Gasteiger partial charge in [-0.15, -0.1) is 0 Å². The van der Waals surface area contributed by atoms with Crippen molar-refractivity contribution < 1.29 is 9.90 Å². The van der Waals surface area contributed by atoms with Crippen LogP contribution in [-0.4, -0.2) is 57.7 Å². The number of hydrogen-bond donors (Lipinski definition) is 1. The van der Waals surface area contributed by atoms with Gasteiger partial charge in [0, 0.05) is 37.8 Å². The molecule has 1 amide bonds. The van der Waals surface area contributed by atoms with Crippen LogP contribution < -0.4 is 4.90 Å². The van der Waals surface area contributed by atoms with Gasteiger partial charge >= 0.3 is 0 Å². The Bertz CT molecular complexity index is 617. The molecule has 1 aliphatic carbocycles. The van der Waals surface area contributed by atoms with Crippen molar-refractivity contribution in [3.63, 3.8) is 0 Å². The molecule has 25 heavy (non-hydrogen) atoms. The van der Waals surface area contributed by atoms with E-state index in [1.807, 2.05) is 4.90 Å². The second-order valence-corrected chi connectivity index (χ2v) is 7.66. The summed E-state index contributed by atoms with van der Waals surface area (Å²) in [6, 6.07) is 1.89. The highest BCUT2D eigenvalue weighted by atomic mass is 16.3. The predicted octanol–water partition coefficient (Wildman–Crippen LogP) is 2.23. The number of aliphatic hydroxyl groups excluding tert-OH is 1. The summed E-state index contributed by atoms with van der Waals surface area (Å²) in [7, 11) is 0. The summed E-state index contributed by atoms with van der Waals surface area (Å²) in [6.45, 7) is 2.71. The molecule has 3 fully saturated rings. The van der Waals surface area contributed by atoms with E-state index in [1.165, 1.54) is 0 Å². The van der Waals surface area contributed by atoms with Gasteiger partial charge in [-0.3, -0.25) is 4.79 Å². The van der Waals surface area contributed by atoms with Gasteiger partial charge in [0.05, 0.1) is 6.10 Å². The van der Waals surface area contributed by atoms with Crippen LogP contribution in [0.3, 0.4) is 0 Å². The number of carbonyl (C=O) groups excluding carboxylic acids is 1. The molecule has 1 saturated carbocycles. The summed E-state index contributed by atoms with van der Waals surface area (Å²) in [5.41, 5.74) is 0.495. The number of likely N-dealkylation sites (tertiary alicyclic amines) is 1. The van der Waals surface area contributed by atoms with Crippen molar-refractivity contribution in [3.05, 3.63) is 18.0 Å². The fourth-order valence-electron chi connectivity index (χ4n) is 4.76. The molecule has 3 atom stereocenters. The largest absolute Gasteiger partial charge is 0.393 e. The normalized spacial score (nSPS) is 30.0. The third-order valence-electron chi connectivity index (χ3n) is 6.09. The molecule has 6 nitrogen and oxygen atoms in total. The number of carbonyl (C=O) groups is 1. The van der Waals surface area contributed by atoms with Gasteiger partial charge in [0.2, 0.25) is 5.95 Å². The summed E-state index contributed by atoms with van der Waals surface area (Å²) >= 11 is 0. The molecule has 136 valence electrons. The molecule has 0 spiro atoms. The Hall–Kier alpha value is -1.69. The zero-order valence-corrected chi connectivity index (χ0v) is 14.8. The summed E-state index contributed by atoms with van der Waals surface area (Å²) < 4.78 is 0. The average Bonchev–Trinajstić information content (AvgIpc) is 3.33. The maximum Gasteiger partial charge on any atom is 0.272 e. The smallest absolute Gasteiger partial charge is 0.272 e. The van der Waals surface area contributed by atoms with Crippen LogP contribution >= 0.6 is 0 Å². The van der Waals surface area contributed by atoms with Crippen molar-refractivity contribution in [1.29, 1.82) is 0 Å². The molecule has 0 unspecified atom stereocenters. The Morgan fingerprint density at radius 3 is 2.64 bits per heavy atom. The van der Waals surface area contributed by atoms with Crippen LogP contribution in [0, 0.1) is 5.92 Å². The first-order chi connectivity index (χ1) is 12.2. The number of nitrogens with zero attached hydrogens (tertiary/aromatic N) is 4. The number of aliphatic hydroxyl groups is 1. The van der Waals surface area contributed by atoms with E-state index in [2.05, 4.69) is 14.9 Å². The van der Waals surface area contributed by atoms with E-state index in [0.717, 1.165) is 71.0 Å². The van der Waals surface area contributed by atoms with Crippen LogP contribution in [0.5, 0.6) is 0 Å². The standard InChI is InChI=1S/C19H28N4O2/c24-17-8-2-1-6-14(17)16-7-5-13-23(16)18(25)15-9-10-20-19(21-15)22-11-3-4-12-22/h9-10,14,16-17,24H,1-8,11-13H2/t14-,16-,17+/m1/s1. The number of aromatic nitrogens is 2. The second kappa shape index (κ2) is 7.28. The topological polar surface area (TPSA) is 69.6 Å². The van der Waals surface area contributed by atoms with Gasteiger partial charge in [-0.2, -0.15) is 0 Å². The lowest BCUT2D eigenvalue weighted by atomic mass is 9.80. The number of rotatable bonds is 3. The average molecular weight is 344 g/mol. The third kappa shape index (κ3) is 3.36. The first kappa shape index (κ1) is 16.8. The van der Waals surface area contributed by atoms with Gasteiger partial charge < -0.3 is 14.9 Å². The van der Waals surface area contributed by atoms with Gasteiger partial charge in [-0.05, 0) is 44.6 Å². The minimum atomic E-state index is -0.266. The fraction of sp³-hybridized carbons (Fsp3) is 0.737. The summed E-state index contributed by atoms with van der Waals surface area (Å²) in [5, 5.41) is 10.4. The highest BCUT2D eigenvalue weighted by Crippen LogP contribution is 2.35. The molecule has 1 N–H and O–H groups in total. The lowest BCUT2D eigenvalue weighted by Gasteiger charge is -2.37. The van der Waals surface area contributed by atoms with E-state index in [0.29, 0.717) is 11.6 Å². The third-order valence-corrected chi connectivity index (χ3v) is 6.09. The molecule has 2 aliphatic heterocycles. The van der Waals surface area contributed by atoms with E-state index < -0.39 is 0 Å². The van der Waals surface area contributed by atoms with Gasteiger partial charge in [-0.1, -0.05) is 12.8 Å². The molecular weight excluding hydrogens is 316 g/mol. The minimum Gasteiger partial charge on any atom is -0.393 e. The Morgan fingerprint density at radius 1 is 1.04 bits per heavy atom. The first-order valence-electron chi connectivity index (χ1n) is 9.81. The summed E-state index contributed by atoms with van der Waals surface area (Å²) in [5.74, 6) is 0.903. The van der Waals surface area contributed by atoms with Crippen molar-refractivity contribution in [3.8, 4) is 0 Å². The Morgan fingerprint density at radius 2 is 1.84 bits per heavy atom. The molecule has 1 aromatic rings. The molecule has 2 saturated heterocycles. The Balaban J connectivity index is 1.52.